The van der Waals surface area contributed by atoms with E-state index in [1.54, 1.807) is 6.08 Å². The highest BCUT2D eigenvalue weighted by atomic mass is 16.5. The van der Waals surface area contributed by atoms with Crippen LogP contribution in [0.25, 0.3) is 0 Å². The average molecular weight is 158 g/mol. The third-order valence-electron chi connectivity index (χ3n) is 1.38. The van der Waals surface area contributed by atoms with Gasteiger partial charge in [0.15, 0.2) is 0 Å². The minimum absolute atomic E-state index is 0.464. The van der Waals surface area contributed by atoms with E-state index in [0.29, 0.717) is 6.54 Å². The van der Waals surface area contributed by atoms with Crippen LogP contribution >= 0.6 is 0 Å². The molecule has 0 aliphatic rings. The highest BCUT2D eigenvalue weighted by Gasteiger charge is 1.93. The average Bonchev–Trinajstić information content (AvgIpc) is 1.99. The lowest BCUT2D eigenvalue weighted by atomic mass is 10.2. The van der Waals surface area contributed by atoms with E-state index in [-0.39, 0.29) is 0 Å². The number of hydrogen-bond acceptors (Lipinski definition) is 3. The molecule has 3 nitrogen and oxygen atoms in total. The van der Waals surface area contributed by atoms with Crippen molar-refractivity contribution in [2.24, 2.45) is 0 Å². The zero-order valence-electron chi connectivity index (χ0n) is 7.21. The molecule has 0 unspecified atom stereocenters. The van der Waals surface area contributed by atoms with E-state index in [0.717, 1.165) is 18.1 Å². The zero-order chi connectivity index (χ0) is 8.53. The smallest absolute Gasteiger partial charge is 0.0577 e. The molecule has 0 spiro atoms. The first kappa shape index (κ1) is 10.6. The van der Waals surface area contributed by atoms with Gasteiger partial charge in [0.25, 0.3) is 0 Å². The summed E-state index contributed by atoms with van der Waals surface area (Å²) in [6.07, 6.45) is 5.15. The van der Waals surface area contributed by atoms with E-state index in [4.69, 9.17) is 5.21 Å². The molecule has 66 valence electrons. The number of hydrazine groups is 1. The Kier molecular flexibility index (Phi) is 7.46. The molecule has 0 atom stereocenters. The maximum Gasteiger partial charge on any atom is 0.0577 e. The molecular weight excluding hydrogens is 140 g/mol. The van der Waals surface area contributed by atoms with E-state index in [1.165, 1.54) is 12.8 Å². The van der Waals surface area contributed by atoms with Crippen molar-refractivity contribution >= 4 is 0 Å². The minimum atomic E-state index is 0.464. The van der Waals surface area contributed by atoms with Crippen molar-refractivity contribution in [3.8, 4) is 0 Å². The fraction of sp³-hybridized carbons (Fsp3) is 0.750. The summed E-state index contributed by atoms with van der Waals surface area (Å²) in [4.78, 5) is 0. The predicted molar refractivity (Wildman–Crippen MR) is 46.2 cm³/mol. The van der Waals surface area contributed by atoms with Crippen molar-refractivity contribution in [2.75, 3.05) is 13.1 Å². The molecule has 0 saturated heterocycles. The van der Waals surface area contributed by atoms with Crippen LogP contribution in [0.15, 0.2) is 12.7 Å². The quantitative estimate of drug-likeness (QED) is 0.335. The molecule has 2 N–H and O–H groups in total. The van der Waals surface area contributed by atoms with Crippen LogP contribution in [-0.4, -0.2) is 23.5 Å². The summed E-state index contributed by atoms with van der Waals surface area (Å²) in [7, 11) is 0. The van der Waals surface area contributed by atoms with Crippen molar-refractivity contribution in [1.29, 1.82) is 0 Å². The summed E-state index contributed by atoms with van der Waals surface area (Å²) in [5.41, 5.74) is 2.84. The van der Waals surface area contributed by atoms with Crippen LogP contribution in [-0.2, 0) is 0 Å². The summed E-state index contributed by atoms with van der Waals surface area (Å²) >= 11 is 0. The third kappa shape index (κ3) is 7.52. The lowest BCUT2D eigenvalue weighted by Crippen LogP contribution is -2.35. The van der Waals surface area contributed by atoms with Gasteiger partial charge in [-0.2, -0.15) is 0 Å². The second kappa shape index (κ2) is 7.72. The van der Waals surface area contributed by atoms with Gasteiger partial charge in [0.2, 0.25) is 0 Å². The van der Waals surface area contributed by atoms with Crippen LogP contribution in [0.5, 0.6) is 0 Å². The van der Waals surface area contributed by atoms with Gasteiger partial charge in [-0.05, 0) is 6.42 Å². The maximum absolute atomic E-state index is 9.00. The van der Waals surface area contributed by atoms with Crippen LogP contribution < -0.4 is 5.43 Å². The second-order valence-electron chi connectivity index (χ2n) is 2.49. The number of nitrogens with one attached hydrogen (secondary N) is 1. The first-order valence-electron chi connectivity index (χ1n) is 4.12. The van der Waals surface area contributed by atoms with Gasteiger partial charge in [0.1, 0.15) is 0 Å². The number of hydrogen-bond donors (Lipinski definition) is 2. The van der Waals surface area contributed by atoms with Gasteiger partial charge in [-0.15, -0.1) is 11.8 Å². The molecule has 0 amide bonds. The summed E-state index contributed by atoms with van der Waals surface area (Å²) < 4.78 is 0. The Morgan fingerprint density at radius 3 is 2.82 bits per heavy atom. The molecule has 11 heavy (non-hydrogen) atoms. The Morgan fingerprint density at radius 2 is 2.27 bits per heavy atom. The molecule has 0 bridgehead atoms. The summed E-state index contributed by atoms with van der Waals surface area (Å²) in [5, 5.41) is 10.1. The van der Waals surface area contributed by atoms with Crippen molar-refractivity contribution in [3.63, 3.8) is 0 Å². The number of unbranched alkanes of at least 4 members (excludes halogenated alkanes) is 2. The Hall–Kier alpha value is -0.380. The summed E-state index contributed by atoms with van der Waals surface area (Å²) in [6.45, 7) is 6.95. The lowest BCUT2D eigenvalue weighted by molar-refractivity contribution is -0.127. The Labute approximate surface area is 68.6 Å². The molecule has 0 rings (SSSR count). The van der Waals surface area contributed by atoms with Crippen LogP contribution in [0.2, 0.25) is 0 Å². The van der Waals surface area contributed by atoms with Crippen LogP contribution in [0, 0.1) is 0 Å². The van der Waals surface area contributed by atoms with Crippen molar-refractivity contribution < 1.29 is 5.21 Å². The molecule has 0 aromatic heterocycles. The van der Waals surface area contributed by atoms with Crippen molar-refractivity contribution in [2.45, 2.75) is 26.2 Å². The van der Waals surface area contributed by atoms with Gasteiger partial charge in [-0.25, -0.2) is 5.43 Å². The third-order valence-corrected chi connectivity index (χ3v) is 1.38. The minimum Gasteiger partial charge on any atom is -0.299 e. The van der Waals surface area contributed by atoms with Crippen LogP contribution in [0.4, 0.5) is 0 Å². The van der Waals surface area contributed by atoms with E-state index < -0.39 is 0 Å². The van der Waals surface area contributed by atoms with Crippen molar-refractivity contribution in [1.82, 2.24) is 10.6 Å². The van der Waals surface area contributed by atoms with Crippen LogP contribution in [0.3, 0.4) is 0 Å². The topological polar surface area (TPSA) is 35.5 Å². The van der Waals surface area contributed by atoms with E-state index in [1.807, 2.05) is 0 Å². The molecule has 0 aromatic rings. The van der Waals surface area contributed by atoms with Gasteiger partial charge in [-0.1, -0.05) is 25.8 Å². The standard InChI is InChI=1S/C8H18N2O/c1-3-5-6-7-9-10(11)8-4-2/h4,9,11H,2-3,5-8H2,1H3. The normalized spacial score (nSPS) is 10.5. The van der Waals surface area contributed by atoms with Gasteiger partial charge in [0.05, 0.1) is 6.54 Å². The molecular formula is C8H18N2O. The highest BCUT2D eigenvalue weighted by Crippen LogP contribution is 1.91. The van der Waals surface area contributed by atoms with E-state index >= 15 is 0 Å². The first-order valence-corrected chi connectivity index (χ1v) is 4.12. The fourth-order valence-electron chi connectivity index (χ4n) is 0.770. The highest BCUT2D eigenvalue weighted by molar-refractivity contribution is 4.66. The summed E-state index contributed by atoms with van der Waals surface area (Å²) in [6, 6.07) is 0. The van der Waals surface area contributed by atoms with Crippen LogP contribution in [0.1, 0.15) is 26.2 Å². The lowest BCUT2D eigenvalue weighted by Gasteiger charge is -2.12. The first-order chi connectivity index (χ1) is 5.31. The monoisotopic (exact) mass is 158 g/mol. The molecule has 0 fully saturated rings. The fourth-order valence-corrected chi connectivity index (χ4v) is 0.770. The Balaban J connectivity index is 3.03. The van der Waals surface area contributed by atoms with Crippen molar-refractivity contribution in [3.05, 3.63) is 12.7 Å². The Morgan fingerprint density at radius 1 is 1.55 bits per heavy atom. The van der Waals surface area contributed by atoms with E-state index in [2.05, 4.69) is 18.9 Å². The molecule has 0 radical (unpaired) electrons. The Bertz CT molecular complexity index is 96.1. The molecule has 0 saturated carbocycles. The zero-order valence-corrected chi connectivity index (χ0v) is 7.21. The SMILES string of the molecule is C=CCN(O)NCCCCC. The molecule has 0 heterocycles. The molecule has 0 aliphatic carbocycles. The number of nitrogens with zero attached hydrogens (tertiary/aromatic N) is 1. The largest absolute Gasteiger partial charge is 0.299 e. The van der Waals surface area contributed by atoms with Gasteiger partial charge in [0, 0.05) is 6.54 Å². The van der Waals surface area contributed by atoms with Gasteiger partial charge in [-0.3, -0.25) is 5.21 Å². The molecule has 0 aliphatic heterocycles. The molecule has 0 aromatic carbocycles. The van der Waals surface area contributed by atoms with Gasteiger partial charge >= 0.3 is 0 Å². The predicted octanol–water partition coefficient (Wildman–Crippen LogP) is 1.56. The maximum atomic E-state index is 9.00. The number of rotatable bonds is 7. The van der Waals surface area contributed by atoms with E-state index in [9.17, 15) is 0 Å². The number of hydroxylamine groups is 1. The summed E-state index contributed by atoms with van der Waals surface area (Å²) in [5.74, 6) is 0. The molecule has 3 heteroatoms. The second-order valence-corrected chi connectivity index (χ2v) is 2.49. The van der Waals surface area contributed by atoms with Gasteiger partial charge < -0.3 is 0 Å².